The number of rotatable bonds is 7. The van der Waals surface area contributed by atoms with Gasteiger partial charge in [-0.15, -0.1) is 0 Å². The molecule has 7 heteroatoms. The number of methoxy groups -OCH3 is 1. The quantitative estimate of drug-likeness (QED) is 0.557. The van der Waals surface area contributed by atoms with Crippen molar-refractivity contribution in [3.63, 3.8) is 0 Å². The van der Waals surface area contributed by atoms with Crippen LogP contribution in [0, 0.1) is 10.1 Å². The zero-order valence-corrected chi connectivity index (χ0v) is 11.8. The van der Waals surface area contributed by atoms with Crippen LogP contribution < -0.4 is 9.75 Å². The van der Waals surface area contributed by atoms with Gasteiger partial charge >= 0.3 is 5.69 Å². The highest BCUT2D eigenvalue weighted by atomic mass is 16.6. The zero-order chi connectivity index (χ0) is 14.4. The first-order chi connectivity index (χ1) is 9.08. The molecule has 0 spiro atoms. The number of pyridine rings is 1. The van der Waals surface area contributed by atoms with Crippen LogP contribution in [0.3, 0.4) is 0 Å². The van der Waals surface area contributed by atoms with E-state index in [4.69, 9.17) is 4.74 Å². The Labute approximate surface area is 112 Å². The predicted octanol–water partition coefficient (Wildman–Crippen LogP) is 2.08. The maximum Gasteiger partial charge on any atom is 0.313 e. The summed E-state index contributed by atoms with van der Waals surface area (Å²) in [5, 5.41) is 14.9. The van der Waals surface area contributed by atoms with Gasteiger partial charge < -0.3 is 4.74 Å². The Kier molecular flexibility index (Phi) is 5.50. The molecule has 0 amide bonds. The molecule has 0 saturated heterocycles. The van der Waals surface area contributed by atoms with Crippen LogP contribution >= 0.6 is 0 Å². The lowest BCUT2D eigenvalue weighted by Crippen LogP contribution is -2.43. The molecule has 0 bridgehead atoms. The summed E-state index contributed by atoms with van der Waals surface area (Å²) in [6, 6.07) is 2.92. The number of hydrazine groups is 1. The first-order valence-electron chi connectivity index (χ1n) is 6.30. The van der Waals surface area contributed by atoms with Crippen LogP contribution in [-0.2, 0) is 0 Å². The fraction of sp³-hybridized carbons (Fsp3) is 0.583. The molecule has 0 aromatic carbocycles. The average molecular weight is 268 g/mol. The lowest BCUT2D eigenvalue weighted by molar-refractivity contribution is -0.384. The fourth-order valence-electron chi connectivity index (χ4n) is 1.92. The Hall–Kier alpha value is -1.89. The summed E-state index contributed by atoms with van der Waals surface area (Å²) in [7, 11) is 1.49. The lowest BCUT2D eigenvalue weighted by Gasteiger charge is -2.33. The van der Waals surface area contributed by atoms with Crippen LogP contribution in [0.5, 0.6) is 5.88 Å². The molecule has 1 aromatic rings. The SMILES string of the molecule is CCN(CC)N(CC)c1nc(OC)ccc1[N+](=O)[O-]. The van der Waals surface area contributed by atoms with Crippen molar-refractivity contribution in [1.29, 1.82) is 0 Å². The van der Waals surface area contributed by atoms with Crippen LogP contribution in [0.1, 0.15) is 20.8 Å². The number of anilines is 1. The molecule has 0 fully saturated rings. The number of nitrogens with zero attached hydrogens (tertiary/aromatic N) is 4. The van der Waals surface area contributed by atoms with Gasteiger partial charge in [0.05, 0.1) is 12.0 Å². The highest BCUT2D eigenvalue weighted by Gasteiger charge is 2.24. The molecule has 0 N–H and O–H groups in total. The molecule has 0 radical (unpaired) electrons. The van der Waals surface area contributed by atoms with Gasteiger partial charge in [0.2, 0.25) is 11.7 Å². The molecule has 1 heterocycles. The second kappa shape index (κ2) is 6.89. The maximum absolute atomic E-state index is 11.1. The third kappa shape index (κ3) is 3.31. The van der Waals surface area contributed by atoms with Gasteiger partial charge in [0.25, 0.3) is 0 Å². The molecule has 1 rings (SSSR count). The standard InChI is InChI=1S/C12H20N4O3/c1-5-14(6-2)15(7-3)12-10(16(17)18)8-9-11(13-12)19-4/h8-9H,5-7H2,1-4H3. The van der Waals surface area contributed by atoms with Crippen molar-refractivity contribution in [1.82, 2.24) is 9.99 Å². The lowest BCUT2D eigenvalue weighted by atomic mass is 10.3. The first-order valence-corrected chi connectivity index (χ1v) is 6.30. The third-order valence-corrected chi connectivity index (χ3v) is 2.85. The van der Waals surface area contributed by atoms with Gasteiger partial charge in [-0.05, 0) is 6.92 Å². The average Bonchev–Trinajstić information content (AvgIpc) is 2.43. The summed E-state index contributed by atoms with van der Waals surface area (Å²) >= 11 is 0. The molecule has 0 aliphatic rings. The molecule has 1 aromatic heterocycles. The normalized spacial score (nSPS) is 10.6. The molecule has 7 nitrogen and oxygen atoms in total. The van der Waals surface area contributed by atoms with Gasteiger partial charge in [-0.3, -0.25) is 15.1 Å². The largest absolute Gasteiger partial charge is 0.481 e. The minimum atomic E-state index is -0.423. The smallest absolute Gasteiger partial charge is 0.313 e. The van der Waals surface area contributed by atoms with Crippen molar-refractivity contribution in [3.05, 3.63) is 22.2 Å². The van der Waals surface area contributed by atoms with Gasteiger partial charge in [0.1, 0.15) is 0 Å². The Morgan fingerprint density at radius 3 is 2.32 bits per heavy atom. The van der Waals surface area contributed by atoms with E-state index in [1.54, 1.807) is 5.01 Å². The second-order valence-electron chi connectivity index (χ2n) is 3.81. The Bertz CT molecular complexity index is 435. The number of aromatic nitrogens is 1. The van der Waals surface area contributed by atoms with E-state index in [0.717, 1.165) is 13.1 Å². The summed E-state index contributed by atoms with van der Waals surface area (Å²) in [5.41, 5.74) is -0.0189. The summed E-state index contributed by atoms with van der Waals surface area (Å²) in [5.74, 6) is 0.682. The first kappa shape index (κ1) is 15.2. The number of hydrogen-bond donors (Lipinski definition) is 0. The molecule has 0 atom stereocenters. The molecule has 0 aliphatic carbocycles. The van der Waals surface area contributed by atoms with E-state index in [0.29, 0.717) is 18.2 Å². The number of ether oxygens (including phenoxy) is 1. The van der Waals surface area contributed by atoms with Crippen molar-refractivity contribution in [3.8, 4) is 5.88 Å². The van der Waals surface area contributed by atoms with E-state index < -0.39 is 4.92 Å². The summed E-state index contributed by atoms with van der Waals surface area (Å²) in [6.45, 7) is 8.03. The minimum absolute atomic E-state index is 0.0189. The third-order valence-electron chi connectivity index (χ3n) is 2.85. The highest BCUT2D eigenvalue weighted by Crippen LogP contribution is 2.29. The Morgan fingerprint density at radius 2 is 1.89 bits per heavy atom. The summed E-state index contributed by atoms with van der Waals surface area (Å²) in [4.78, 5) is 14.9. The summed E-state index contributed by atoms with van der Waals surface area (Å²) < 4.78 is 5.05. The van der Waals surface area contributed by atoms with Gasteiger partial charge in [-0.2, -0.15) is 4.98 Å². The molecule has 0 aliphatic heterocycles. The van der Waals surface area contributed by atoms with Gasteiger partial charge in [0, 0.05) is 31.8 Å². The van der Waals surface area contributed by atoms with Gasteiger partial charge in [-0.25, -0.2) is 5.01 Å². The highest BCUT2D eigenvalue weighted by molar-refractivity contribution is 5.58. The molecule has 19 heavy (non-hydrogen) atoms. The Balaban J connectivity index is 3.29. The van der Waals surface area contributed by atoms with Gasteiger partial charge in [-0.1, -0.05) is 13.8 Å². The van der Waals surface area contributed by atoms with E-state index in [9.17, 15) is 10.1 Å². The van der Waals surface area contributed by atoms with E-state index in [1.165, 1.54) is 19.2 Å². The fourth-order valence-corrected chi connectivity index (χ4v) is 1.92. The van der Waals surface area contributed by atoms with E-state index in [-0.39, 0.29) is 5.69 Å². The molecule has 0 saturated carbocycles. The van der Waals surface area contributed by atoms with Crippen LogP contribution in [0.4, 0.5) is 11.5 Å². The Morgan fingerprint density at radius 1 is 1.26 bits per heavy atom. The van der Waals surface area contributed by atoms with Crippen molar-refractivity contribution >= 4 is 11.5 Å². The number of nitro groups is 1. The molecular formula is C12H20N4O3. The topological polar surface area (TPSA) is 71.7 Å². The minimum Gasteiger partial charge on any atom is -0.481 e. The van der Waals surface area contributed by atoms with Crippen molar-refractivity contribution in [2.24, 2.45) is 0 Å². The van der Waals surface area contributed by atoms with Crippen LogP contribution in [0.2, 0.25) is 0 Å². The molecular weight excluding hydrogens is 248 g/mol. The van der Waals surface area contributed by atoms with E-state index >= 15 is 0 Å². The molecule has 0 unspecified atom stereocenters. The monoisotopic (exact) mass is 268 g/mol. The van der Waals surface area contributed by atoms with Crippen LogP contribution in [-0.4, -0.2) is 41.7 Å². The van der Waals surface area contributed by atoms with Gasteiger partial charge in [0.15, 0.2) is 0 Å². The van der Waals surface area contributed by atoms with Crippen molar-refractivity contribution in [2.75, 3.05) is 31.8 Å². The van der Waals surface area contributed by atoms with E-state index in [1.807, 2.05) is 25.8 Å². The van der Waals surface area contributed by atoms with Crippen molar-refractivity contribution in [2.45, 2.75) is 20.8 Å². The van der Waals surface area contributed by atoms with E-state index in [2.05, 4.69) is 4.98 Å². The molecule has 106 valence electrons. The summed E-state index contributed by atoms with van der Waals surface area (Å²) in [6.07, 6.45) is 0. The zero-order valence-electron chi connectivity index (χ0n) is 11.8. The number of hydrogen-bond acceptors (Lipinski definition) is 6. The van der Waals surface area contributed by atoms with Crippen molar-refractivity contribution < 1.29 is 9.66 Å². The van der Waals surface area contributed by atoms with Crippen LogP contribution in [0.25, 0.3) is 0 Å². The van der Waals surface area contributed by atoms with Crippen LogP contribution in [0.15, 0.2) is 12.1 Å². The second-order valence-corrected chi connectivity index (χ2v) is 3.81. The predicted molar refractivity (Wildman–Crippen MR) is 73.4 cm³/mol. The maximum atomic E-state index is 11.1.